The van der Waals surface area contributed by atoms with Crippen LogP contribution < -0.4 is 10.1 Å². The number of carbonyl (C=O) groups is 1. The number of aliphatic hydroxyl groups excluding tert-OH is 1. The van der Waals surface area contributed by atoms with Crippen LogP contribution in [-0.4, -0.2) is 47.1 Å². The second kappa shape index (κ2) is 9.97. The van der Waals surface area contributed by atoms with Crippen molar-refractivity contribution in [2.24, 2.45) is 5.92 Å². The van der Waals surface area contributed by atoms with Crippen LogP contribution in [0.3, 0.4) is 0 Å². The predicted molar refractivity (Wildman–Crippen MR) is 108 cm³/mol. The van der Waals surface area contributed by atoms with Crippen LogP contribution in [0.4, 0.5) is 36.4 Å². The third-order valence-electron chi connectivity index (χ3n) is 5.98. The first-order chi connectivity index (χ1) is 16.3. The molecule has 13 heteroatoms. The van der Waals surface area contributed by atoms with E-state index >= 15 is 0 Å². The van der Waals surface area contributed by atoms with Crippen molar-refractivity contribution in [3.8, 4) is 5.75 Å². The summed E-state index contributed by atoms with van der Waals surface area (Å²) in [5.74, 6) is -7.67. The molecule has 192 valence electrons. The fourth-order valence-electron chi connectivity index (χ4n) is 3.95. The summed E-state index contributed by atoms with van der Waals surface area (Å²) >= 11 is 0. The number of benzene rings is 1. The van der Waals surface area contributed by atoms with E-state index in [9.17, 15) is 35.5 Å². The first kappa shape index (κ1) is 26.7. The highest BCUT2D eigenvalue weighted by atomic mass is 19.4. The number of nitrogens with zero attached hydrogens (tertiary/aromatic N) is 1. The Hall–Kier alpha value is -2.93. The zero-order valence-corrected chi connectivity index (χ0v) is 18.4. The fraction of sp³-hybridized carbons (Fsp3) is 0.455. The minimum atomic E-state index is -4.95. The van der Waals surface area contributed by atoms with Crippen molar-refractivity contribution < 1.29 is 50.1 Å². The number of hydrogen-bond acceptors (Lipinski definition) is 5. The average Bonchev–Trinajstić information content (AvgIpc) is 3.07. The molecule has 6 nitrogen and oxygen atoms in total. The summed E-state index contributed by atoms with van der Waals surface area (Å²) in [6, 6.07) is 3.66. The predicted octanol–water partition coefficient (Wildman–Crippen LogP) is 4.75. The standard InChI is InChI=1S/C22H21F7N2O4/c1-10-15(12-4-5-13(23)16(24)17(12)34-8-7-32)18(35-21(10,2)22(27,28)29)20(33)31-11-3-6-14(19(25)26)30-9-11/h3-6,9-10,15,18-19,32H,7-8H2,1-2H3,(H,31,33)/t10-,15-,18+,21+/m0/s1. The smallest absolute Gasteiger partial charge is 0.417 e. The van der Waals surface area contributed by atoms with Gasteiger partial charge in [-0.05, 0) is 25.1 Å². The number of amides is 1. The van der Waals surface area contributed by atoms with Gasteiger partial charge < -0.3 is 19.9 Å². The number of pyridine rings is 1. The van der Waals surface area contributed by atoms with E-state index in [1.165, 1.54) is 0 Å². The van der Waals surface area contributed by atoms with E-state index in [1.54, 1.807) is 0 Å². The van der Waals surface area contributed by atoms with Crippen molar-refractivity contribution in [3.05, 3.63) is 53.4 Å². The average molecular weight is 510 g/mol. The summed E-state index contributed by atoms with van der Waals surface area (Å²) in [4.78, 5) is 16.5. The van der Waals surface area contributed by atoms with Gasteiger partial charge in [-0.15, -0.1) is 0 Å². The van der Waals surface area contributed by atoms with E-state index in [1.807, 2.05) is 0 Å². The molecule has 0 radical (unpaired) electrons. The van der Waals surface area contributed by atoms with Crippen molar-refractivity contribution in [2.45, 2.75) is 44.1 Å². The Morgan fingerprint density at radius 1 is 1.26 bits per heavy atom. The maximum absolute atomic E-state index is 14.6. The molecule has 1 saturated heterocycles. The molecule has 1 amide bonds. The Labute approximate surface area is 195 Å². The molecule has 3 rings (SSSR count). The Bertz CT molecular complexity index is 1070. The molecule has 2 N–H and O–H groups in total. The lowest BCUT2D eigenvalue weighted by atomic mass is 9.77. The molecule has 0 spiro atoms. The molecular formula is C22H21F7N2O4. The second-order valence-corrected chi connectivity index (χ2v) is 8.07. The van der Waals surface area contributed by atoms with Crippen molar-refractivity contribution in [1.29, 1.82) is 0 Å². The first-order valence-corrected chi connectivity index (χ1v) is 10.3. The van der Waals surface area contributed by atoms with Crippen LogP contribution in [0.1, 0.15) is 37.4 Å². The SMILES string of the molecule is C[C@H]1[C@@H](c2ccc(F)c(F)c2OCCO)[C@H](C(=O)Nc2ccc(C(F)F)nc2)O[C@@]1(C)C(F)(F)F. The molecule has 0 bridgehead atoms. The Morgan fingerprint density at radius 2 is 1.94 bits per heavy atom. The largest absolute Gasteiger partial charge is 0.488 e. The molecule has 2 heterocycles. The third-order valence-corrected chi connectivity index (χ3v) is 5.98. The molecule has 1 aliphatic rings. The van der Waals surface area contributed by atoms with Gasteiger partial charge in [0.1, 0.15) is 18.4 Å². The van der Waals surface area contributed by atoms with Gasteiger partial charge in [0.2, 0.25) is 5.82 Å². The highest BCUT2D eigenvalue weighted by Gasteiger charge is 2.65. The number of aliphatic hydroxyl groups is 1. The normalized spacial score (nSPS) is 24.6. The van der Waals surface area contributed by atoms with Gasteiger partial charge in [0.15, 0.2) is 17.2 Å². The van der Waals surface area contributed by atoms with E-state index in [0.29, 0.717) is 6.07 Å². The highest BCUT2D eigenvalue weighted by molar-refractivity contribution is 5.95. The number of halogens is 7. The lowest BCUT2D eigenvalue weighted by molar-refractivity contribution is -0.272. The summed E-state index contributed by atoms with van der Waals surface area (Å²) in [5, 5.41) is 11.3. The van der Waals surface area contributed by atoms with Crippen LogP contribution in [-0.2, 0) is 9.53 Å². The van der Waals surface area contributed by atoms with Gasteiger partial charge in [-0.1, -0.05) is 13.0 Å². The van der Waals surface area contributed by atoms with Gasteiger partial charge in [-0.2, -0.15) is 17.6 Å². The van der Waals surface area contributed by atoms with E-state index in [0.717, 1.165) is 38.2 Å². The van der Waals surface area contributed by atoms with E-state index < -0.39 is 78.3 Å². The summed E-state index contributed by atoms with van der Waals surface area (Å²) < 4.78 is 106. The van der Waals surface area contributed by atoms with Gasteiger partial charge in [-0.25, -0.2) is 13.2 Å². The zero-order chi connectivity index (χ0) is 26.1. The van der Waals surface area contributed by atoms with Crippen LogP contribution in [0.15, 0.2) is 30.5 Å². The second-order valence-electron chi connectivity index (χ2n) is 8.07. The minimum Gasteiger partial charge on any atom is -0.488 e. The number of ether oxygens (including phenoxy) is 2. The fourth-order valence-corrected chi connectivity index (χ4v) is 3.95. The topological polar surface area (TPSA) is 80.7 Å². The summed E-state index contributed by atoms with van der Waals surface area (Å²) in [5.41, 5.74) is -3.82. The maximum atomic E-state index is 14.6. The zero-order valence-electron chi connectivity index (χ0n) is 18.4. The first-order valence-electron chi connectivity index (χ1n) is 10.3. The van der Waals surface area contributed by atoms with Gasteiger partial charge >= 0.3 is 6.18 Å². The maximum Gasteiger partial charge on any atom is 0.417 e. The van der Waals surface area contributed by atoms with Crippen molar-refractivity contribution in [2.75, 3.05) is 18.5 Å². The molecule has 4 atom stereocenters. The lowest BCUT2D eigenvalue weighted by Crippen LogP contribution is -2.47. The number of carbonyl (C=O) groups excluding carboxylic acids is 1. The number of hydrogen-bond donors (Lipinski definition) is 2. The van der Waals surface area contributed by atoms with Gasteiger partial charge in [0.05, 0.1) is 18.5 Å². The Kier molecular flexibility index (Phi) is 7.60. The molecule has 2 aromatic rings. The van der Waals surface area contributed by atoms with Crippen LogP contribution in [0, 0.1) is 17.6 Å². The quantitative estimate of drug-likeness (QED) is 0.526. The molecule has 0 aliphatic carbocycles. The lowest BCUT2D eigenvalue weighted by Gasteiger charge is -2.32. The molecule has 1 fully saturated rings. The monoisotopic (exact) mass is 510 g/mol. The van der Waals surface area contributed by atoms with Gasteiger partial charge in [-0.3, -0.25) is 9.78 Å². The molecule has 1 aliphatic heterocycles. The van der Waals surface area contributed by atoms with Gasteiger partial charge in [0, 0.05) is 17.4 Å². The summed E-state index contributed by atoms with van der Waals surface area (Å²) in [6.45, 7) is 0.773. The van der Waals surface area contributed by atoms with Crippen molar-refractivity contribution >= 4 is 11.6 Å². The molecular weight excluding hydrogens is 489 g/mol. The molecule has 0 unspecified atom stereocenters. The minimum absolute atomic E-state index is 0.0999. The summed E-state index contributed by atoms with van der Waals surface area (Å²) in [7, 11) is 0. The number of aromatic nitrogens is 1. The molecule has 35 heavy (non-hydrogen) atoms. The Morgan fingerprint density at radius 3 is 2.49 bits per heavy atom. The van der Waals surface area contributed by atoms with Crippen LogP contribution >= 0.6 is 0 Å². The number of alkyl halides is 5. The van der Waals surface area contributed by atoms with Crippen LogP contribution in [0.25, 0.3) is 0 Å². The highest BCUT2D eigenvalue weighted by Crippen LogP contribution is 2.55. The van der Waals surface area contributed by atoms with Crippen molar-refractivity contribution in [1.82, 2.24) is 4.98 Å². The number of rotatable bonds is 7. The van der Waals surface area contributed by atoms with Crippen molar-refractivity contribution in [3.63, 3.8) is 0 Å². The van der Waals surface area contributed by atoms with E-state index in [-0.39, 0.29) is 11.3 Å². The Balaban J connectivity index is 2.05. The van der Waals surface area contributed by atoms with E-state index in [2.05, 4.69) is 10.3 Å². The number of anilines is 1. The van der Waals surface area contributed by atoms with Crippen LogP contribution in [0.2, 0.25) is 0 Å². The van der Waals surface area contributed by atoms with Crippen LogP contribution in [0.5, 0.6) is 5.75 Å². The molecule has 1 aromatic carbocycles. The number of nitrogens with one attached hydrogen (secondary N) is 1. The van der Waals surface area contributed by atoms with E-state index in [4.69, 9.17) is 14.6 Å². The summed E-state index contributed by atoms with van der Waals surface area (Å²) in [6.07, 6.45) is -8.80. The third kappa shape index (κ3) is 5.06. The van der Waals surface area contributed by atoms with Gasteiger partial charge in [0.25, 0.3) is 12.3 Å². The molecule has 0 saturated carbocycles. The molecule has 1 aromatic heterocycles.